The van der Waals surface area contributed by atoms with Gasteiger partial charge in [-0.3, -0.25) is 9.82 Å². The first kappa shape index (κ1) is 16.2. The zero-order chi connectivity index (χ0) is 18.1. The number of hydrogen-bond donors (Lipinski definition) is 3. The number of H-pyrrole nitrogens is 1. The fraction of sp³-hybridized carbons (Fsp3) is 0. The van der Waals surface area contributed by atoms with Crippen LogP contribution in [0.2, 0.25) is 0 Å². The van der Waals surface area contributed by atoms with E-state index in [4.69, 9.17) is 0 Å². The molecule has 0 amide bonds. The number of aromatic amines is 1. The summed E-state index contributed by atoms with van der Waals surface area (Å²) < 4.78 is 27.6. The van der Waals surface area contributed by atoms with E-state index in [2.05, 4.69) is 14.9 Å². The molecule has 3 N–H and O–H groups in total. The van der Waals surface area contributed by atoms with Gasteiger partial charge in [0.2, 0.25) is 0 Å². The Kier molecular flexibility index (Phi) is 3.85. The van der Waals surface area contributed by atoms with E-state index in [0.29, 0.717) is 11.4 Å². The number of phenols is 1. The molecule has 4 aromatic rings. The predicted molar refractivity (Wildman–Crippen MR) is 100 cm³/mol. The lowest BCUT2D eigenvalue weighted by atomic mass is 10.1. The molecular weight excluding hydrogens is 350 g/mol. The Balaban J connectivity index is 1.74. The Labute approximate surface area is 150 Å². The Bertz CT molecular complexity index is 1170. The molecule has 6 nitrogen and oxygen atoms in total. The molecule has 0 atom stereocenters. The highest BCUT2D eigenvalue weighted by atomic mass is 32.2. The number of aromatic nitrogens is 2. The average Bonchev–Trinajstić information content (AvgIpc) is 3.06. The third-order valence-electron chi connectivity index (χ3n) is 4.01. The minimum atomic E-state index is -3.66. The molecule has 26 heavy (non-hydrogen) atoms. The van der Waals surface area contributed by atoms with Crippen molar-refractivity contribution in [3.63, 3.8) is 0 Å². The number of aromatic hydroxyl groups is 1. The van der Waals surface area contributed by atoms with Crippen LogP contribution in [0, 0.1) is 0 Å². The Hall–Kier alpha value is -3.32. The van der Waals surface area contributed by atoms with Crippen molar-refractivity contribution < 1.29 is 13.5 Å². The predicted octanol–water partition coefficient (Wildman–Crippen LogP) is 3.74. The fourth-order valence-electron chi connectivity index (χ4n) is 2.73. The lowest BCUT2D eigenvalue weighted by Crippen LogP contribution is -2.12. The third-order valence-corrected chi connectivity index (χ3v) is 5.41. The van der Waals surface area contributed by atoms with Gasteiger partial charge in [0.25, 0.3) is 10.0 Å². The molecule has 130 valence electrons. The number of nitrogens with one attached hydrogen (secondary N) is 2. The van der Waals surface area contributed by atoms with Crippen LogP contribution >= 0.6 is 0 Å². The second kappa shape index (κ2) is 6.20. The molecule has 4 rings (SSSR count). The third kappa shape index (κ3) is 3.00. The molecule has 0 aliphatic carbocycles. The van der Waals surface area contributed by atoms with Gasteiger partial charge < -0.3 is 5.11 Å². The SMILES string of the molecule is O=S(=O)(Nc1ccc2[nH]nc(-c3ccc(O)cc3)c2c1)c1ccccc1. The molecule has 0 radical (unpaired) electrons. The van der Waals surface area contributed by atoms with Crippen LogP contribution in [-0.4, -0.2) is 23.7 Å². The first-order chi connectivity index (χ1) is 12.5. The van der Waals surface area contributed by atoms with Crippen LogP contribution in [0.1, 0.15) is 0 Å². The molecule has 1 aromatic heterocycles. The van der Waals surface area contributed by atoms with Gasteiger partial charge in [0, 0.05) is 16.6 Å². The molecule has 0 aliphatic heterocycles. The molecule has 0 saturated carbocycles. The maximum Gasteiger partial charge on any atom is 0.261 e. The number of rotatable bonds is 4. The molecule has 7 heteroatoms. The zero-order valence-corrected chi connectivity index (χ0v) is 14.4. The molecule has 0 bridgehead atoms. The van der Waals surface area contributed by atoms with Crippen molar-refractivity contribution in [3.05, 3.63) is 72.8 Å². The van der Waals surface area contributed by atoms with E-state index in [9.17, 15) is 13.5 Å². The average molecular weight is 365 g/mol. The molecule has 0 fully saturated rings. The van der Waals surface area contributed by atoms with Gasteiger partial charge in [-0.25, -0.2) is 8.42 Å². The largest absolute Gasteiger partial charge is 0.508 e. The standard InChI is InChI=1S/C19H15N3O3S/c23-15-9-6-13(7-10-15)19-17-12-14(8-11-18(17)20-21-19)22-26(24,25)16-4-2-1-3-5-16/h1-12,22-23H,(H,20,21). The second-order valence-corrected chi connectivity index (χ2v) is 7.48. The van der Waals surface area contributed by atoms with Crippen LogP contribution in [0.4, 0.5) is 5.69 Å². The number of hydrogen-bond acceptors (Lipinski definition) is 4. The highest BCUT2D eigenvalue weighted by molar-refractivity contribution is 7.92. The van der Waals surface area contributed by atoms with Crippen LogP contribution in [-0.2, 0) is 10.0 Å². The number of nitrogens with zero attached hydrogens (tertiary/aromatic N) is 1. The Morgan fingerprint density at radius 1 is 0.923 bits per heavy atom. The first-order valence-corrected chi connectivity index (χ1v) is 9.37. The van der Waals surface area contributed by atoms with Gasteiger partial charge in [0.05, 0.1) is 16.1 Å². The van der Waals surface area contributed by atoms with E-state index in [1.165, 1.54) is 0 Å². The van der Waals surface area contributed by atoms with E-state index in [-0.39, 0.29) is 10.6 Å². The molecule has 0 spiro atoms. The summed E-state index contributed by atoms with van der Waals surface area (Å²) >= 11 is 0. The van der Waals surface area contributed by atoms with Gasteiger partial charge in [0.15, 0.2) is 0 Å². The smallest absolute Gasteiger partial charge is 0.261 e. The molecular formula is C19H15N3O3S. The maximum atomic E-state index is 12.5. The Morgan fingerprint density at radius 2 is 1.65 bits per heavy atom. The number of phenolic OH excluding ortho intramolecular Hbond substituents is 1. The number of fused-ring (bicyclic) bond motifs is 1. The van der Waals surface area contributed by atoms with Crippen LogP contribution in [0.3, 0.4) is 0 Å². The Morgan fingerprint density at radius 3 is 2.38 bits per heavy atom. The van der Waals surface area contributed by atoms with Crippen molar-refractivity contribution in [2.45, 2.75) is 4.90 Å². The minimum absolute atomic E-state index is 0.171. The van der Waals surface area contributed by atoms with E-state index in [0.717, 1.165) is 16.5 Å². The summed E-state index contributed by atoms with van der Waals surface area (Å²) in [6.07, 6.45) is 0. The highest BCUT2D eigenvalue weighted by Crippen LogP contribution is 2.30. The van der Waals surface area contributed by atoms with Gasteiger partial charge in [-0.1, -0.05) is 18.2 Å². The second-order valence-electron chi connectivity index (χ2n) is 5.80. The van der Waals surface area contributed by atoms with Crippen molar-refractivity contribution in [1.82, 2.24) is 10.2 Å². The molecule has 0 saturated heterocycles. The summed E-state index contributed by atoms with van der Waals surface area (Å²) in [6, 6.07) is 20.1. The zero-order valence-electron chi connectivity index (χ0n) is 13.5. The summed E-state index contributed by atoms with van der Waals surface area (Å²) in [5.41, 5.74) is 2.73. The monoisotopic (exact) mass is 365 g/mol. The summed E-state index contributed by atoms with van der Waals surface area (Å²) in [7, 11) is -3.66. The van der Waals surface area contributed by atoms with Gasteiger partial charge >= 0.3 is 0 Å². The van der Waals surface area contributed by atoms with Gasteiger partial charge in [-0.15, -0.1) is 0 Å². The van der Waals surface area contributed by atoms with Crippen molar-refractivity contribution in [2.24, 2.45) is 0 Å². The summed E-state index contributed by atoms with van der Waals surface area (Å²) in [4.78, 5) is 0.200. The molecule has 0 aliphatic rings. The number of benzene rings is 3. The minimum Gasteiger partial charge on any atom is -0.508 e. The van der Waals surface area contributed by atoms with Crippen molar-refractivity contribution in [2.75, 3.05) is 4.72 Å². The van der Waals surface area contributed by atoms with E-state index < -0.39 is 10.0 Å². The lowest BCUT2D eigenvalue weighted by Gasteiger charge is -2.08. The van der Waals surface area contributed by atoms with Crippen LogP contribution < -0.4 is 4.72 Å². The van der Waals surface area contributed by atoms with Gasteiger partial charge in [-0.2, -0.15) is 5.10 Å². The van der Waals surface area contributed by atoms with Crippen LogP contribution in [0.25, 0.3) is 22.2 Å². The van der Waals surface area contributed by atoms with Gasteiger partial charge in [0.1, 0.15) is 5.75 Å². The van der Waals surface area contributed by atoms with Crippen molar-refractivity contribution in [3.8, 4) is 17.0 Å². The first-order valence-electron chi connectivity index (χ1n) is 7.88. The lowest BCUT2D eigenvalue weighted by molar-refractivity contribution is 0.475. The van der Waals surface area contributed by atoms with Crippen LogP contribution in [0.15, 0.2) is 77.7 Å². The van der Waals surface area contributed by atoms with Crippen LogP contribution in [0.5, 0.6) is 5.75 Å². The quantitative estimate of drug-likeness (QED) is 0.513. The molecule has 0 unspecified atom stereocenters. The van der Waals surface area contributed by atoms with E-state index in [1.54, 1.807) is 72.8 Å². The van der Waals surface area contributed by atoms with Crippen molar-refractivity contribution in [1.29, 1.82) is 0 Å². The highest BCUT2D eigenvalue weighted by Gasteiger charge is 2.15. The summed E-state index contributed by atoms with van der Waals surface area (Å²) in [5, 5.41) is 17.5. The molecule has 1 heterocycles. The summed E-state index contributed by atoms with van der Waals surface area (Å²) in [5.74, 6) is 0.171. The molecule has 3 aromatic carbocycles. The fourth-order valence-corrected chi connectivity index (χ4v) is 3.80. The normalized spacial score (nSPS) is 11.5. The maximum absolute atomic E-state index is 12.5. The number of sulfonamides is 1. The van der Waals surface area contributed by atoms with Gasteiger partial charge in [-0.05, 0) is 54.6 Å². The number of anilines is 1. The van der Waals surface area contributed by atoms with Crippen molar-refractivity contribution >= 4 is 26.6 Å². The van der Waals surface area contributed by atoms with E-state index in [1.807, 2.05) is 0 Å². The topological polar surface area (TPSA) is 95.1 Å². The summed E-state index contributed by atoms with van der Waals surface area (Å²) in [6.45, 7) is 0. The van der Waals surface area contributed by atoms with E-state index >= 15 is 0 Å².